The summed E-state index contributed by atoms with van der Waals surface area (Å²) in [5.41, 5.74) is 2.04. The molecule has 6 heteroatoms. The zero-order valence-electron chi connectivity index (χ0n) is 12.4. The fraction of sp³-hybridized carbons (Fsp3) is 0.714. The van der Waals surface area contributed by atoms with Crippen molar-refractivity contribution in [3.63, 3.8) is 0 Å². The number of rotatable bonds is 4. The van der Waals surface area contributed by atoms with Crippen molar-refractivity contribution in [3.05, 3.63) is 17.5 Å². The van der Waals surface area contributed by atoms with E-state index in [0.29, 0.717) is 26.1 Å². The number of aryl methyl sites for hydroxylation is 3. The third-order valence-corrected chi connectivity index (χ3v) is 3.67. The number of aliphatic hydroxyl groups excluding tert-OH is 1. The maximum absolute atomic E-state index is 12.3. The summed E-state index contributed by atoms with van der Waals surface area (Å²) in [5.74, 6) is 0.0896. The van der Waals surface area contributed by atoms with E-state index in [1.165, 1.54) is 0 Å². The molecule has 1 aliphatic rings. The van der Waals surface area contributed by atoms with E-state index in [-0.39, 0.29) is 24.7 Å². The van der Waals surface area contributed by atoms with E-state index < -0.39 is 0 Å². The van der Waals surface area contributed by atoms with Gasteiger partial charge in [0.2, 0.25) is 5.91 Å². The van der Waals surface area contributed by atoms with Crippen molar-refractivity contribution in [1.82, 2.24) is 14.7 Å². The molecular formula is C14H23N3O3. The van der Waals surface area contributed by atoms with Crippen molar-refractivity contribution in [2.75, 3.05) is 19.8 Å². The molecule has 1 aromatic heterocycles. The summed E-state index contributed by atoms with van der Waals surface area (Å²) < 4.78 is 7.31. The van der Waals surface area contributed by atoms with Crippen LogP contribution in [-0.4, -0.2) is 57.6 Å². The fourth-order valence-electron chi connectivity index (χ4n) is 2.52. The van der Waals surface area contributed by atoms with Crippen LogP contribution in [0.3, 0.4) is 0 Å². The van der Waals surface area contributed by atoms with E-state index >= 15 is 0 Å². The molecule has 1 aliphatic heterocycles. The van der Waals surface area contributed by atoms with Gasteiger partial charge < -0.3 is 14.7 Å². The second-order valence-electron chi connectivity index (χ2n) is 5.43. The molecule has 0 aromatic carbocycles. The number of aromatic nitrogens is 2. The van der Waals surface area contributed by atoms with Gasteiger partial charge >= 0.3 is 0 Å². The van der Waals surface area contributed by atoms with Crippen LogP contribution in [0.1, 0.15) is 24.7 Å². The number of ether oxygens (including phenoxy) is 1. The Morgan fingerprint density at radius 1 is 1.55 bits per heavy atom. The lowest BCUT2D eigenvalue weighted by atomic mass is 10.2. The first kappa shape index (κ1) is 15.0. The van der Waals surface area contributed by atoms with Gasteiger partial charge in [0.15, 0.2) is 0 Å². The van der Waals surface area contributed by atoms with Crippen molar-refractivity contribution in [3.8, 4) is 0 Å². The standard InChI is InChI=1S/C14H23N3O3/c1-10-6-11(2)17(15-10)5-4-14(19)16-7-13(8-18)20-9-12(16)3/h6,12-13,18H,4-5,7-9H2,1-3H3. The molecule has 1 fully saturated rings. The van der Waals surface area contributed by atoms with Crippen LogP contribution in [0, 0.1) is 13.8 Å². The van der Waals surface area contributed by atoms with Gasteiger partial charge in [-0.05, 0) is 26.8 Å². The molecule has 0 aliphatic carbocycles. The molecule has 2 atom stereocenters. The van der Waals surface area contributed by atoms with Crippen LogP contribution in [0.4, 0.5) is 0 Å². The van der Waals surface area contributed by atoms with E-state index in [9.17, 15) is 4.79 Å². The number of carbonyl (C=O) groups is 1. The highest BCUT2D eigenvalue weighted by molar-refractivity contribution is 5.76. The molecule has 0 saturated carbocycles. The van der Waals surface area contributed by atoms with E-state index in [2.05, 4.69) is 5.10 Å². The van der Waals surface area contributed by atoms with Crippen LogP contribution >= 0.6 is 0 Å². The number of nitrogens with zero attached hydrogens (tertiary/aromatic N) is 3. The van der Waals surface area contributed by atoms with Gasteiger partial charge in [-0.25, -0.2) is 0 Å². The van der Waals surface area contributed by atoms with E-state index in [1.807, 2.05) is 31.5 Å². The average molecular weight is 281 g/mol. The molecule has 0 spiro atoms. The molecule has 20 heavy (non-hydrogen) atoms. The first-order chi connectivity index (χ1) is 9.51. The van der Waals surface area contributed by atoms with E-state index in [4.69, 9.17) is 9.84 Å². The molecule has 0 radical (unpaired) electrons. The number of hydrogen-bond acceptors (Lipinski definition) is 4. The van der Waals surface area contributed by atoms with Crippen LogP contribution < -0.4 is 0 Å². The quantitative estimate of drug-likeness (QED) is 0.872. The van der Waals surface area contributed by atoms with Crippen molar-refractivity contribution in [2.45, 2.75) is 45.9 Å². The smallest absolute Gasteiger partial charge is 0.224 e. The molecule has 1 saturated heterocycles. The number of amides is 1. The Morgan fingerprint density at radius 3 is 2.90 bits per heavy atom. The summed E-state index contributed by atoms with van der Waals surface area (Å²) in [5, 5.41) is 13.5. The van der Waals surface area contributed by atoms with E-state index in [0.717, 1.165) is 11.4 Å². The summed E-state index contributed by atoms with van der Waals surface area (Å²) in [4.78, 5) is 14.1. The Labute approximate surface area is 119 Å². The summed E-state index contributed by atoms with van der Waals surface area (Å²) in [6.07, 6.45) is 0.161. The molecule has 6 nitrogen and oxygen atoms in total. The zero-order chi connectivity index (χ0) is 14.7. The normalized spacial score (nSPS) is 23.1. The lowest BCUT2D eigenvalue weighted by molar-refractivity contribution is -0.146. The highest BCUT2D eigenvalue weighted by Crippen LogP contribution is 2.13. The van der Waals surface area contributed by atoms with Gasteiger partial charge in [-0.3, -0.25) is 9.48 Å². The Bertz CT molecular complexity index is 472. The van der Waals surface area contributed by atoms with Gasteiger partial charge in [0, 0.05) is 25.2 Å². The molecule has 2 heterocycles. The van der Waals surface area contributed by atoms with Crippen LogP contribution in [0.2, 0.25) is 0 Å². The van der Waals surface area contributed by atoms with Crippen LogP contribution in [0.15, 0.2) is 6.07 Å². The summed E-state index contributed by atoms with van der Waals surface area (Å²) >= 11 is 0. The zero-order valence-corrected chi connectivity index (χ0v) is 12.4. The maximum Gasteiger partial charge on any atom is 0.224 e. The van der Waals surface area contributed by atoms with Gasteiger partial charge in [0.25, 0.3) is 0 Å². The Balaban J connectivity index is 1.92. The first-order valence-electron chi connectivity index (χ1n) is 7.04. The molecular weight excluding hydrogens is 258 g/mol. The Morgan fingerprint density at radius 2 is 2.30 bits per heavy atom. The third kappa shape index (κ3) is 3.37. The fourth-order valence-corrected chi connectivity index (χ4v) is 2.52. The lowest BCUT2D eigenvalue weighted by Crippen LogP contribution is -2.52. The van der Waals surface area contributed by atoms with Gasteiger partial charge in [-0.15, -0.1) is 0 Å². The van der Waals surface area contributed by atoms with Gasteiger partial charge in [0.05, 0.1) is 31.1 Å². The van der Waals surface area contributed by atoms with Crippen LogP contribution in [-0.2, 0) is 16.1 Å². The second kappa shape index (κ2) is 6.37. The molecule has 2 unspecified atom stereocenters. The van der Waals surface area contributed by atoms with E-state index in [1.54, 1.807) is 4.90 Å². The minimum atomic E-state index is -0.260. The predicted molar refractivity (Wildman–Crippen MR) is 74.3 cm³/mol. The molecule has 0 bridgehead atoms. The van der Waals surface area contributed by atoms with Crippen molar-refractivity contribution >= 4 is 5.91 Å². The Hall–Kier alpha value is -1.40. The number of hydrogen-bond donors (Lipinski definition) is 1. The third-order valence-electron chi connectivity index (χ3n) is 3.67. The summed E-state index contributed by atoms with van der Waals surface area (Å²) in [6.45, 7) is 7.39. The first-order valence-corrected chi connectivity index (χ1v) is 7.04. The highest BCUT2D eigenvalue weighted by atomic mass is 16.5. The van der Waals surface area contributed by atoms with Crippen LogP contribution in [0.5, 0.6) is 0 Å². The molecule has 1 N–H and O–H groups in total. The molecule has 2 rings (SSSR count). The predicted octanol–water partition coefficient (Wildman–Crippen LogP) is 0.498. The largest absolute Gasteiger partial charge is 0.394 e. The highest BCUT2D eigenvalue weighted by Gasteiger charge is 2.28. The minimum absolute atomic E-state index is 0.0477. The monoisotopic (exact) mass is 281 g/mol. The number of morpholine rings is 1. The summed E-state index contributed by atoms with van der Waals surface area (Å²) in [7, 11) is 0. The lowest BCUT2D eigenvalue weighted by Gasteiger charge is -2.37. The van der Waals surface area contributed by atoms with Crippen molar-refractivity contribution in [1.29, 1.82) is 0 Å². The number of aliphatic hydroxyl groups is 1. The van der Waals surface area contributed by atoms with Crippen molar-refractivity contribution in [2.24, 2.45) is 0 Å². The molecule has 1 amide bonds. The second-order valence-corrected chi connectivity index (χ2v) is 5.43. The van der Waals surface area contributed by atoms with Gasteiger partial charge in [-0.1, -0.05) is 0 Å². The topological polar surface area (TPSA) is 67.6 Å². The number of carbonyl (C=O) groups excluding carboxylic acids is 1. The molecule has 112 valence electrons. The van der Waals surface area contributed by atoms with Gasteiger partial charge in [-0.2, -0.15) is 5.10 Å². The Kier molecular flexibility index (Phi) is 4.77. The minimum Gasteiger partial charge on any atom is -0.394 e. The van der Waals surface area contributed by atoms with Gasteiger partial charge in [0.1, 0.15) is 0 Å². The maximum atomic E-state index is 12.3. The summed E-state index contributed by atoms with van der Waals surface area (Å²) in [6, 6.07) is 2.06. The molecule has 1 aromatic rings. The SMILES string of the molecule is Cc1cc(C)n(CCC(=O)N2CC(CO)OCC2C)n1. The average Bonchev–Trinajstić information content (AvgIpc) is 2.75. The van der Waals surface area contributed by atoms with Crippen LogP contribution in [0.25, 0.3) is 0 Å². The van der Waals surface area contributed by atoms with Crippen molar-refractivity contribution < 1.29 is 14.6 Å².